The van der Waals surface area contributed by atoms with E-state index in [0.717, 1.165) is 13.0 Å². The van der Waals surface area contributed by atoms with Crippen LogP contribution in [0.5, 0.6) is 0 Å². The molecule has 3 heteroatoms. The molecule has 0 bridgehead atoms. The molecular weight excluding hydrogens is 285 g/mol. The van der Waals surface area contributed by atoms with Crippen molar-refractivity contribution in [1.82, 2.24) is 4.90 Å². The Bertz CT molecular complexity index is 39.4. The number of hydrogen-bond acceptors (Lipinski definition) is 2. The van der Waals surface area contributed by atoms with E-state index >= 15 is 0 Å². The number of nitrogens with zero attached hydrogens (tertiary/aromatic N) is 1. The molecule has 0 saturated carbocycles. The maximum atomic E-state index is 5.22. The third-order valence-electron chi connectivity index (χ3n) is 0.661. The summed E-state index contributed by atoms with van der Waals surface area (Å²) in [5.74, 6) is 0. The predicted molar refractivity (Wildman–Crippen MR) is 31.7 cm³/mol. The van der Waals surface area contributed by atoms with Crippen LogP contribution >= 0.6 is 0 Å². The summed E-state index contributed by atoms with van der Waals surface area (Å²) in [7, 11) is 3.99. The average molecular weight is 298 g/mol. The molecule has 0 rings (SSSR count). The maximum absolute atomic E-state index is 5.22. The first kappa shape index (κ1) is 11.5. The van der Waals surface area contributed by atoms with Crippen LogP contribution in [0.3, 0.4) is 0 Å². The minimum absolute atomic E-state index is 0. The monoisotopic (exact) mass is 298 g/mol. The maximum Gasteiger partial charge on any atom is 1.00 e. The smallest absolute Gasteiger partial charge is 0.462 e. The Kier molecular flexibility index (Phi) is 11.0. The molecule has 0 aromatic rings. The van der Waals surface area contributed by atoms with Gasteiger partial charge in [0.05, 0.1) is 0 Å². The first-order valence-corrected chi connectivity index (χ1v) is 2.47. The molecule has 2 nitrogen and oxygen atoms in total. The molecule has 2 N–H and O–H groups in total. The van der Waals surface area contributed by atoms with Gasteiger partial charge in [0, 0.05) is 0 Å². The van der Waals surface area contributed by atoms with Gasteiger partial charge in [0.2, 0.25) is 0 Å². The van der Waals surface area contributed by atoms with E-state index < -0.39 is 0 Å². The quantitative estimate of drug-likeness (QED) is 0.589. The van der Waals surface area contributed by atoms with Gasteiger partial charge in [-0.3, -0.25) is 6.54 Å². The molecule has 8 heavy (non-hydrogen) atoms. The summed E-state index contributed by atoms with van der Waals surface area (Å²) in [6, 6.07) is 0. The van der Waals surface area contributed by atoms with Crippen molar-refractivity contribution in [3.63, 3.8) is 0 Å². The van der Waals surface area contributed by atoms with Crippen molar-refractivity contribution in [3.05, 3.63) is 6.54 Å². The second-order valence-corrected chi connectivity index (χ2v) is 1.72. The first-order valence-electron chi connectivity index (χ1n) is 2.47. The number of rotatable bonds is 3. The molecule has 0 unspecified atom stereocenters. The van der Waals surface area contributed by atoms with Gasteiger partial charge < -0.3 is 10.6 Å². The molecule has 0 atom stereocenters. The molecule has 0 aliphatic carbocycles. The van der Waals surface area contributed by atoms with Crippen LogP contribution in [-0.2, 0) is 22.4 Å². The van der Waals surface area contributed by atoms with Crippen molar-refractivity contribution in [2.45, 2.75) is 6.42 Å². The zero-order chi connectivity index (χ0) is 5.70. The normalized spacial score (nSPS) is 9.00. The summed E-state index contributed by atoms with van der Waals surface area (Å²) in [5, 5.41) is 0. The van der Waals surface area contributed by atoms with Crippen LogP contribution < -0.4 is 5.73 Å². The molecule has 0 aromatic carbocycles. The predicted octanol–water partition coefficient (Wildman–Crippen LogP) is 0.0561. The SMILES string of the molecule is CN(C)[CH-]CCN.[Au+]. The van der Waals surface area contributed by atoms with E-state index in [0.29, 0.717) is 0 Å². The van der Waals surface area contributed by atoms with E-state index in [9.17, 15) is 0 Å². The van der Waals surface area contributed by atoms with Gasteiger partial charge >= 0.3 is 22.4 Å². The molecule has 0 fully saturated rings. The molecule has 54 valence electrons. The Labute approximate surface area is 66.9 Å². The van der Waals surface area contributed by atoms with Crippen LogP contribution in [0.1, 0.15) is 6.42 Å². The van der Waals surface area contributed by atoms with Gasteiger partial charge in [-0.2, -0.15) is 6.42 Å². The number of hydrogen-bond donors (Lipinski definition) is 1. The summed E-state index contributed by atoms with van der Waals surface area (Å²) in [4.78, 5) is 2.01. The second-order valence-electron chi connectivity index (χ2n) is 1.72. The zero-order valence-electron chi connectivity index (χ0n) is 5.32. The Morgan fingerprint density at radius 3 is 2.12 bits per heavy atom. The Morgan fingerprint density at radius 2 is 2.00 bits per heavy atom. The topological polar surface area (TPSA) is 29.3 Å². The van der Waals surface area contributed by atoms with Gasteiger partial charge in [0.15, 0.2) is 0 Å². The first-order chi connectivity index (χ1) is 3.27. The fraction of sp³-hybridized carbons (Fsp3) is 0.800. The Morgan fingerprint density at radius 1 is 1.50 bits per heavy atom. The summed E-state index contributed by atoms with van der Waals surface area (Å²) in [5.41, 5.74) is 5.22. The zero-order valence-corrected chi connectivity index (χ0v) is 7.48. The third kappa shape index (κ3) is 9.83. The second kappa shape index (κ2) is 7.66. The van der Waals surface area contributed by atoms with Crippen LogP contribution in [0.4, 0.5) is 0 Å². The van der Waals surface area contributed by atoms with Crippen molar-refractivity contribution < 1.29 is 22.4 Å². The molecule has 0 aliphatic rings. The number of nitrogens with two attached hydrogens (primary N) is 1. The minimum Gasteiger partial charge on any atom is -0.462 e. The van der Waals surface area contributed by atoms with Gasteiger partial charge in [-0.25, -0.2) is 0 Å². The van der Waals surface area contributed by atoms with Gasteiger partial charge in [0.25, 0.3) is 0 Å². The van der Waals surface area contributed by atoms with E-state index in [4.69, 9.17) is 5.73 Å². The van der Waals surface area contributed by atoms with Crippen LogP contribution in [-0.4, -0.2) is 25.5 Å². The van der Waals surface area contributed by atoms with Crippen molar-refractivity contribution in [3.8, 4) is 0 Å². The molecule has 0 aliphatic heterocycles. The standard InChI is InChI=1S/C5H13N2.Au/c1-7(2)5-3-4-6;/h5H,3-4,6H2,1-2H3;/q-1;+1. The fourth-order valence-electron chi connectivity index (χ4n) is 0.333. The van der Waals surface area contributed by atoms with Crippen LogP contribution in [0, 0.1) is 6.54 Å². The molecule has 0 heterocycles. The van der Waals surface area contributed by atoms with E-state index in [-0.39, 0.29) is 22.4 Å². The summed E-state index contributed by atoms with van der Waals surface area (Å²) >= 11 is 0. The Balaban J connectivity index is 0. The van der Waals surface area contributed by atoms with Crippen LogP contribution in [0.25, 0.3) is 0 Å². The molecule has 0 spiro atoms. The van der Waals surface area contributed by atoms with E-state index in [1.165, 1.54) is 0 Å². The van der Waals surface area contributed by atoms with Crippen molar-refractivity contribution in [1.29, 1.82) is 0 Å². The molecule has 0 radical (unpaired) electrons. The van der Waals surface area contributed by atoms with E-state index in [1.54, 1.807) is 0 Å². The van der Waals surface area contributed by atoms with Crippen LogP contribution in [0.15, 0.2) is 0 Å². The van der Waals surface area contributed by atoms with Gasteiger partial charge in [-0.05, 0) is 20.6 Å². The fourth-order valence-corrected chi connectivity index (χ4v) is 0.333. The van der Waals surface area contributed by atoms with Gasteiger partial charge in [-0.1, -0.05) is 0 Å². The molecule has 0 amide bonds. The Hall–Kier alpha value is 0.660. The summed E-state index contributed by atoms with van der Waals surface area (Å²) < 4.78 is 0. The van der Waals surface area contributed by atoms with Crippen molar-refractivity contribution in [2.24, 2.45) is 5.73 Å². The van der Waals surface area contributed by atoms with Gasteiger partial charge in [0.1, 0.15) is 0 Å². The molecular formula is C5H13AuN2. The largest absolute Gasteiger partial charge is 1.00 e. The third-order valence-corrected chi connectivity index (χ3v) is 0.661. The summed E-state index contributed by atoms with van der Waals surface area (Å²) in [6.45, 7) is 2.80. The van der Waals surface area contributed by atoms with Crippen LogP contribution in [0.2, 0.25) is 0 Å². The molecule has 0 aromatic heterocycles. The van der Waals surface area contributed by atoms with E-state index in [1.807, 2.05) is 19.0 Å². The van der Waals surface area contributed by atoms with Crippen molar-refractivity contribution >= 4 is 0 Å². The molecule has 0 saturated heterocycles. The van der Waals surface area contributed by atoms with Crippen molar-refractivity contribution in [2.75, 3.05) is 20.6 Å². The summed E-state index contributed by atoms with van der Waals surface area (Å²) in [6.07, 6.45) is 0.979. The van der Waals surface area contributed by atoms with Gasteiger partial charge in [-0.15, -0.1) is 0 Å². The average Bonchev–Trinajstić information content (AvgIpc) is 1.61. The van der Waals surface area contributed by atoms with E-state index in [2.05, 4.69) is 6.54 Å². The minimum atomic E-state index is 0.